The van der Waals surface area contributed by atoms with Crippen LogP contribution in [-0.4, -0.2) is 46.1 Å². The third-order valence-corrected chi connectivity index (χ3v) is 2.74. The first-order valence-electron chi connectivity index (χ1n) is 4.39. The molecule has 84 valence electrons. The highest BCUT2D eigenvalue weighted by atomic mass is 32.1. The van der Waals surface area contributed by atoms with Crippen molar-refractivity contribution in [1.29, 1.82) is 0 Å². The Morgan fingerprint density at radius 3 is 2.60 bits per heavy atom. The molecule has 1 aliphatic heterocycles. The van der Waals surface area contributed by atoms with Gasteiger partial charge in [-0.3, -0.25) is 9.59 Å². The standard InChI is InChI=1S/C8H12N2O4S/c9-7(12)4-1-6(11)10(2-4)5(3-15)8(13)14/h4-5,15H,1-3H2,(H2,9,12)(H,13,14). The molecular weight excluding hydrogens is 220 g/mol. The number of hydrogen-bond donors (Lipinski definition) is 3. The number of carbonyl (C=O) groups excluding carboxylic acids is 2. The number of hydrogen-bond acceptors (Lipinski definition) is 4. The van der Waals surface area contributed by atoms with Crippen LogP contribution >= 0.6 is 12.6 Å². The summed E-state index contributed by atoms with van der Waals surface area (Å²) < 4.78 is 0. The van der Waals surface area contributed by atoms with E-state index in [-0.39, 0.29) is 24.6 Å². The number of carbonyl (C=O) groups is 3. The van der Waals surface area contributed by atoms with E-state index in [0.717, 1.165) is 4.90 Å². The molecule has 1 fully saturated rings. The maximum atomic E-state index is 11.4. The SMILES string of the molecule is NC(=O)C1CC(=O)N(C(CS)C(=O)O)C1. The van der Waals surface area contributed by atoms with Crippen molar-refractivity contribution >= 4 is 30.4 Å². The zero-order valence-electron chi connectivity index (χ0n) is 7.92. The number of amides is 2. The summed E-state index contributed by atoms with van der Waals surface area (Å²) >= 11 is 3.86. The molecule has 0 spiro atoms. The smallest absolute Gasteiger partial charge is 0.327 e. The van der Waals surface area contributed by atoms with E-state index in [1.54, 1.807) is 0 Å². The average molecular weight is 232 g/mol. The number of aliphatic carboxylic acids is 1. The van der Waals surface area contributed by atoms with Crippen LogP contribution in [0, 0.1) is 5.92 Å². The largest absolute Gasteiger partial charge is 0.480 e. The summed E-state index contributed by atoms with van der Waals surface area (Å²) in [7, 11) is 0. The maximum absolute atomic E-state index is 11.4. The molecule has 0 bridgehead atoms. The zero-order valence-corrected chi connectivity index (χ0v) is 8.81. The minimum atomic E-state index is -1.12. The summed E-state index contributed by atoms with van der Waals surface area (Å²) in [5.41, 5.74) is 5.06. The van der Waals surface area contributed by atoms with Gasteiger partial charge in [0.1, 0.15) is 6.04 Å². The fourth-order valence-electron chi connectivity index (χ4n) is 1.53. The Hall–Kier alpha value is -1.24. The Bertz CT molecular complexity index is 307. The Morgan fingerprint density at radius 1 is 1.67 bits per heavy atom. The van der Waals surface area contributed by atoms with Gasteiger partial charge in [0.05, 0.1) is 5.92 Å². The summed E-state index contributed by atoms with van der Waals surface area (Å²) in [6.45, 7) is 0.0751. The molecule has 6 nitrogen and oxygen atoms in total. The van der Waals surface area contributed by atoms with Crippen molar-refractivity contribution in [2.24, 2.45) is 11.7 Å². The van der Waals surface area contributed by atoms with Gasteiger partial charge in [-0.2, -0.15) is 12.6 Å². The van der Waals surface area contributed by atoms with Gasteiger partial charge < -0.3 is 15.7 Å². The molecule has 0 aromatic carbocycles. The normalized spacial score (nSPS) is 22.9. The molecule has 0 saturated carbocycles. The summed E-state index contributed by atoms with van der Waals surface area (Å²) in [5, 5.41) is 8.82. The van der Waals surface area contributed by atoms with Gasteiger partial charge in [-0.25, -0.2) is 4.79 Å². The lowest BCUT2D eigenvalue weighted by Crippen LogP contribution is -2.44. The van der Waals surface area contributed by atoms with Gasteiger partial charge in [0.2, 0.25) is 11.8 Å². The minimum Gasteiger partial charge on any atom is -0.480 e. The van der Waals surface area contributed by atoms with Crippen LogP contribution in [0.1, 0.15) is 6.42 Å². The van der Waals surface area contributed by atoms with E-state index in [1.807, 2.05) is 0 Å². The van der Waals surface area contributed by atoms with Gasteiger partial charge in [-0.1, -0.05) is 0 Å². The lowest BCUT2D eigenvalue weighted by Gasteiger charge is -2.22. The van der Waals surface area contributed by atoms with Crippen LogP contribution in [0.5, 0.6) is 0 Å². The van der Waals surface area contributed by atoms with Gasteiger partial charge in [-0.05, 0) is 0 Å². The van der Waals surface area contributed by atoms with E-state index in [2.05, 4.69) is 12.6 Å². The van der Waals surface area contributed by atoms with Crippen molar-refractivity contribution in [1.82, 2.24) is 4.90 Å². The van der Waals surface area contributed by atoms with Crippen molar-refractivity contribution in [2.45, 2.75) is 12.5 Å². The molecule has 7 heteroatoms. The number of carboxylic acid groups (broad SMARTS) is 1. The van der Waals surface area contributed by atoms with E-state index in [9.17, 15) is 14.4 Å². The van der Waals surface area contributed by atoms with E-state index in [1.165, 1.54) is 0 Å². The number of primary amides is 1. The Balaban J connectivity index is 2.75. The van der Waals surface area contributed by atoms with E-state index < -0.39 is 23.8 Å². The van der Waals surface area contributed by atoms with E-state index in [0.29, 0.717) is 0 Å². The van der Waals surface area contributed by atoms with Gasteiger partial charge in [0, 0.05) is 18.7 Å². The molecule has 0 aliphatic carbocycles. The first-order valence-corrected chi connectivity index (χ1v) is 5.03. The second-order valence-corrected chi connectivity index (χ2v) is 3.75. The van der Waals surface area contributed by atoms with Crippen molar-refractivity contribution in [3.05, 3.63) is 0 Å². The Kier molecular flexibility index (Phi) is 3.57. The van der Waals surface area contributed by atoms with Crippen LogP contribution in [-0.2, 0) is 14.4 Å². The number of carboxylic acids is 1. The first kappa shape index (κ1) is 11.8. The third-order valence-electron chi connectivity index (χ3n) is 2.40. The highest BCUT2D eigenvalue weighted by molar-refractivity contribution is 7.80. The molecule has 0 aromatic heterocycles. The third kappa shape index (κ3) is 2.41. The Labute approximate surface area is 91.8 Å². The van der Waals surface area contributed by atoms with Gasteiger partial charge in [0.25, 0.3) is 0 Å². The summed E-state index contributed by atoms with van der Waals surface area (Å²) in [5.74, 6) is -2.62. The van der Waals surface area contributed by atoms with Gasteiger partial charge in [-0.15, -0.1) is 0 Å². The predicted molar refractivity (Wildman–Crippen MR) is 54.3 cm³/mol. The van der Waals surface area contributed by atoms with Crippen LogP contribution in [0.25, 0.3) is 0 Å². The summed E-state index contributed by atoms with van der Waals surface area (Å²) in [6, 6.07) is -0.981. The van der Waals surface area contributed by atoms with Gasteiger partial charge >= 0.3 is 5.97 Å². The molecule has 1 heterocycles. The van der Waals surface area contributed by atoms with Crippen molar-refractivity contribution in [2.75, 3.05) is 12.3 Å². The molecule has 2 amide bonds. The minimum absolute atomic E-state index is 0.00705. The molecular formula is C8H12N2O4S. The number of nitrogens with two attached hydrogens (primary N) is 1. The number of rotatable bonds is 4. The fourth-order valence-corrected chi connectivity index (χ4v) is 1.89. The van der Waals surface area contributed by atoms with E-state index >= 15 is 0 Å². The predicted octanol–water partition coefficient (Wildman–Crippen LogP) is -1.30. The van der Waals surface area contributed by atoms with Crippen molar-refractivity contribution in [3.63, 3.8) is 0 Å². The lowest BCUT2D eigenvalue weighted by molar-refractivity contribution is -0.147. The average Bonchev–Trinajstić information content (AvgIpc) is 2.49. The summed E-state index contributed by atoms with van der Waals surface area (Å²) in [6.07, 6.45) is -0.00705. The van der Waals surface area contributed by atoms with Crippen LogP contribution in [0.3, 0.4) is 0 Å². The zero-order chi connectivity index (χ0) is 11.6. The second-order valence-electron chi connectivity index (χ2n) is 3.39. The van der Waals surface area contributed by atoms with Crippen molar-refractivity contribution in [3.8, 4) is 0 Å². The van der Waals surface area contributed by atoms with Crippen LogP contribution < -0.4 is 5.73 Å². The van der Waals surface area contributed by atoms with Crippen molar-refractivity contribution < 1.29 is 19.5 Å². The Morgan fingerprint density at radius 2 is 2.27 bits per heavy atom. The molecule has 1 aliphatic rings. The molecule has 2 unspecified atom stereocenters. The van der Waals surface area contributed by atoms with Crippen LogP contribution in [0.4, 0.5) is 0 Å². The molecule has 0 aromatic rings. The molecule has 15 heavy (non-hydrogen) atoms. The topological polar surface area (TPSA) is 101 Å². The first-order chi connectivity index (χ1) is 6.97. The highest BCUT2D eigenvalue weighted by Crippen LogP contribution is 2.20. The van der Waals surface area contributed by atoms with E-state index in [4.69, 9.17) is 10.8 Å². The summed E-state index contributed by atoms with van der Waals surface area (Å²) in [4.78, 5) is 34.2. The maximum Gasteiger partial charge on any atom is 0.327 e. The monoisotopic (exact) mass is 232 g/mol. The molecule has 0 radical (unpaired) electrons. The van der Waals surface area contributed by atoms with Crippen LogP contribution in [0.2, 0.25) is 0 Å². The fraction of sp³-hybridized carbons (Fsp3) is 0.625. The number of nitrogens with zero attached hydrogens (tertiary/aromatic N) is 1. The molecule has 2 atom stereocenters. The van der Waals surface area contributed by atoms with Crippen LogP contribution in [0.15, 0.2) is 0 Å². The highest BCUT2D eigenvalue weighted by Gasteiger charge is 2.39. The molecule has 3 N–H and O–H groups in total. The molecule has 1 rings (SSSR count). The quantitative estimate of drug-likeness (QED) is 0.524. The second kappa shape index (κ2) is 4.52. The number of thiol groups is 1. The van der Waals surface area contributed by atoms with Gasteiger partial charge in [0.15, 0.2) is 0 Å². The lowest BCUT2D eigenvalue weighted by atomic mass is 10.1. The molecule has 1 saturated heterocycles. The number of likely N-dealkylation sites (tertiary alicyclic amines) is 1.